The molecule has 0 atom stereocenters. The minimum Gasteiger partial charge on any atom is -0.492 e. The number of aryl methyl sites for hydroxylation is 1. The van der Waals surface area contributed by atoms with Crippen LogP contribution >= 0.6 is 11.8 Å². The molecule has 2 rings (SSSR count). The van der Waals surface area contributed by atoms with Gasteiger partial charge in [-0.2, -0.15) is 13.2 Å². The molecule has 0 aliphatic heterocycles. The highest BCUT2D eigenvalue weighted by Gasteiger charge is 2.32. The van der Waals surface area contributed by atoms with Crippen LogP contribution in [-0.4, -0.2) is 34.8 Å². The van der Waals surface area contributed by atoms with Crippen molar-refractivity contribution in [2.75, 3.05) is 18.9 Å². The Morgan fingerprint density at radius 2 is 2.12 bits per heavy atom. The van der Waals surface area contributed by atoms with Crippen LogP contribution in [0.2, 0.25) is 0 Å². The van der Waals surface area contributed by atoms with Crippen molar-refractivity contribution in [1.82, 2.24) is 15.3 Å². The molecule has 0 aliphatic rings. The molecule has 0 bridgehead atoms. The van der Waals surface area contributed by atoms with Gasteiger partial charge in [-0.05, 0) is 30.7 Å². The Morgan fingerprint density at radius 1 is 1.32 bits per heavy atom. The number of nitrogens with one attached hydrogen (secondary N) is 1. The third-order valence-corrected chi connectivity index (χ3v) is 3.80. The van der Waals surface area contributed by atoms with Crippen LogP contribution in [-0.2, 0) is 11.0 Å². The molecule has 9 heteroatoms. The normalized spacial score (nSPS) is 11.2. The standard InChI is InChI=1S/C16H16F3N3O2S/c1-11-3-2-4-12(9-11)24-8-7-20-14(23)10-25-15-21-6-5-13(22-15)16(17,18)19/h2-6,9H,7-8,10H2,1H3,(H,20,23). The van der Waals surface area contributed by atoms with Crippen molar-refractivity contribution in [3.05, 3.63) is 47.8 Å². The van der Waals surface area contributed by atoms with Crippen LogP contribution < -0.4 is 10.1 Å². The number of carbonyl (C=O) groups excluding carboxylic acids is 1. The van der Waals surface area contributed by atoms with E-state index in [-0.39, 0.29) is 23.4 Å². The number of benzene rings is 1. The van der Waals surface area contributed by atoms with Crippen LogP contribution in [0.3, 0.4) is 0 Å². The molecule has 25 heavy (non-hydrogen) atoms. The first-order chi connectivity index (χ1) is 11.8. The van der Waals surface area contributed by atoms with Crippen molar-refractivity contribution in [3.63, 3.8) is 0 Å². The number of alkyl halides is 3. The van der Waals surface area contributed by atoms with Gasteiger partial charge in [0.05, 0.1) is 12.3 Å². The molecule has 1 aromatic heterocycles. The zero-order valence-corrected chi connectivity index (χ0v) is 14.2. The number of hydrogen-bond acceptors (Lipinski definition) is 5. The lowest BCUT2D eigenvalue weighted by atomic mass is 10.2. The van der Waals surface area contributed by atoms with E-state index in [9.17, 15) is 18.0 Å². The number of carbonyl (C=O) groups is 1. The number of amides is 1. The molecule has 1 aromatic carbocycles. The van der Waals surface area contributed by atoms with Gasteiger partial charge in [0.2, 0.25) is 5.91 Å². The summed E-state index contributed by atoms with van der Waals surface area (Å²) in [5.41, 5.74) is 0.0379. The molecule has 0 saturated heterocycles. The molecule has 1 N–H and O–H groups in total. The Kier molecular flexibility index (Phi) is 6.63. The molecule has 2 aromatic rings. The fraction of sp³-hybridized carbons (Fsp3) is 0.312. The third-order valence-electron chi connectivity index (χ3n) is 2.94. The summed E-state index contributed by atoms with van der Waals surface area (Å²) in [5, 5.41) is 2.52. The van der Waals surface area contributed by atoms with E-state index in [1.165, 1.54) is 0 Å². The fourth-order valence-corrected chi connectivity index (χ4v) is 2.47. The number of halogens is 3. The molecular weight excluding hydrogens is 355 g/mol. The van der Waals surface area contributed by atoms with Crippen molar-refractivity contribution in [1.29, 1.82) is 0 Å². The highest BCUT2D eigenvalue weighted by molar-refractivity contribution is 7.99. The Morgan fingerprint density at radius 3 is 2.84 bits per heavy atom. The van der Waals surface area contributed by atoms with Gasteiger partial charge < -0.3 is 10.1 Å². The van der Waals surface area contributed by atoms with Gasteiger partial charge in [0.15, 0.2) is 5.16 Å². The molecule has 0 aliphatic carbocycles. The van der Waals surface area contributed by atoms with Gasteiger partial charge in [-0.3, -0.25) is 4.79 Å². The van der Waals surface area contributed by atoms with Crippen molar-refractivity contribution in [2.24, 2.45) is 0 Å². The van der Waals surface area contributed by atoms with Crippen LogP contribution in [0, 0.1) is 6.92 Å². The zero-order chi connectivity index (χ0) is 18.3. The number of aromatic nitrogens is 2. The topological polar surface area (TPSA) is 64.1 Å². The zero-order valence-electron chi connectivity index (χ0n) is 13.3. The van der Waals surface area contributed by atoms with E-state index in [1.807, 2.05) is 31.2 Å². The summed E-state index contributed by atoms with van der Waals surface area (Å²) >= 11 is 0.840. The van der Waals surface area contributed by atoms with E-state index in [4.69, 9.17) is 4.74 Å². The largest absolute Gasteiger partial charge is 0.492 e. The molecule has 134 valence electrons. The van der Waals surface area contributed by atoms with Gasteiger partial charge in [0.25, 0.3) is 0 Å². The maximum Gasteiger partial charge on any atom is 0.433 e. The van der Waals surface area contributed by atoms with Gasteiger partial charge >= 0.3 is 6.18 Å². The molecule has 0 spiro atoms. The van der Waals surface area contributed by atoms with Gasteiger partial charge in [-0.25, -0.2) is 9.97 Å². The molecule has 0 radical (unpaired) electrons. The highest BCUT2D eigenvalue weighted by atomic mass is 32.2. The van der Waals surface area contributed by atoms with Crippen molar-refractivity contribution in [2.45, 2.75) is 18.3 Å². The second kappa shape index (κ2) is 8.70. The summed E-state index contributed by atoms with van der Waals surface area (Å²) in [4.78, 5) is 18.8. The maximum absolute atomic E-state index is 12.5. The molecule has 1 amide bonds. The van der Waals surface area contributed by atoms with Gasteiger partial charge in [-0.1, -0.05) is 23.9 Å². The highest BCUT2D eigenvalue weighted by Crippen LogP contribution is 2.28. The van der Waals surface area contributed by atoms with Crippen LogP contribution in [0.25, 0.3) is 0 Å². The van der Waals surface area contributed by atoms with Crippen molar-refractivity contribution in [3.8, 4) is 5.75 Å². The molecule has 0 saturated carbocycles. The van der Waals surface area contributed by atoms with Crippen LogP contribution in [0.5, 0.6) is 5.75 Å². The second-order valence-corrected chi connectivity index (χ2v) is 5.97. The number of nitrogens with zero attached hydrogens (tertiary/aromatic N) is 2. The Balaban J connectivity index is 1.70. The van der Waals surface area contributed by atoms with Crippen LogP contribution in [0.15, 0.2) is 41.7 Å². The number of rotatable bonds is 7. The summed E-state index contributed by atoms with van der Waals surface area (Å²) in [6.45, 7) is 2.53. The smallest absolute Gasteiger partial charge is 0.433 e. The average molecular weight is 371 g/mol. The molecule has 1 heterocycles. The fourth-order valence-electron chi connectivity index (χ4n) is 1.81. The van der Waals surface area contributed by atoms with Crippen LogP contribution in [0.4, 0.5) is 13.2 Å². The predicted molar refractivity (Wildman–Crippen MR) is 87.4 cm³/mol. The Labute approximate surface area is 147 Å². The van der Waals surface area contributed by atoms with Crippen molar-refractivity contribution >= 4 is 17.7 Å². The first-order valence-corrected chi connectivity index (χ1v) is 8.32. The van der Waals surface area contributed by atoms with Crippen LogP contribution in [0.1, 0.15) is 11.3 Å². The Hall–Kier alpha value is -2.29. The quantitative estimate of drug-likeness (QED) is 0.460. The van der Waals surface area contributed by atoms with E-state index in [1.54, 1.807) is 0 Å². The van der Waals surface area contributed by atoms with E-state index >= 15 is 0 Å². The lowest BCUT2D eigenvalue weighted by Gasteiger charge is -2.08. The minimum absolute atomic E-state index is 0.0776. The molecule has 5 nitrogen and oxygen atoms in total. The van der Waals surface area contributed by atoms with Gasteiger partial charge in [0.1, 0.15) is 18.1 Å². The monoisotopic (exact) mass is 371 g/mol. The first kappa shape index (κ1) is 19.0. The molecule has 0 fully saturated rings. The van der Waals surface area contributed by atoms with E-state index in [2.05, 4.69) is 15.3 Å². The SMILES string of the molecule is Cc1cccc(OCCNC(=O)CSc2nccc(C(F)(F)F)n2)c1. The summed E-state index contributed by atoms with van der Waals surface area (Å²) < 4.78 is 43.1. The number of thioether (sulfide) groups is 1. The average Bonchev–Trinajstić information content (AvgIpc) is 2.56. The lowest BCUT2D eigenvalue weighted by Crippen LogP contribution is -2.29. The first-order valence-electron chi connectivity index (χ1n) is 7.34. The predicted octanol–water partition coefficient (Wildman–Crippen LogP) is 3.09. The molecule has 0 unspecified atom stereocenters. The van der Waals surface area contributed by atoms with E-state index in [0.717, 1.165) is 29.6 Å². The van der Waals surface area contributed by atoms with E-state index in [0.29, 0.717) is 12.4 Å². The van der Waals surface area contributed by atoms with E-state index < -0.39 is 11.9 Å². The maximum atomic E-state index is 12.5. The summed E-state index contributed by atoms with van der Waals surface area (Å²) in [7, 11) is 0. The number of hydrogen-bond donors (Lipinski definition) is 1. The summed E-state index contributed by atoms with van der Waals surface area (Å²) in [6.07, 6.45) is -3.51. The Bertz CT molecular complexity index is 726. The van der Waals surface area contributed by atoms with Gasteiger partial charge in [0, 0.05) is 6.20 Å². The third kappa shape index (κ3) is 6.61. The van der Waals surface area contributed by atoms with Gasteiger partial charge in [-0.15, -0.1) is 0 Å². The lowest BCUT2D eigenvalue weighted by molar-refractivity contribution is -0.141. The molecular formula is C16H16F3N3O2S. The number of ether oxygens (including phenoxy) is 1. The minimum atomic E-state index is -4.53. The summed E-state index contributed by atoms with van der Waals surface area (Å²) in [6, 6.07) is 8.29. The summed E-state index contributed by atoms with van der Waals surface area (Å²) in [5.74, 6) is 0.297. The van der Waals surface area contributed by atoms with Crippen molar-refractivity contribution < 1.29 is 22.7 Å². The second-order valence-electron chi connectivity index (χ2n) is 5.03.